The predicted molar refractivity (Wildman–Crippen MR) is 69.3 cm³/mol. The summed E-state index contributed by atoms with van der Waals surface area (Å²) in [6, 6.07) is 3.03. The highest BCUT2D eigenvalue weighted by atomic mass is 32.2. The number of nitrogens with two attached hydrogens (primary N) is 1. The molecule has 1 aromatic rings. The molecule has 0 fully saturated rings. The fraction of sp³-hybridized carbons (Fsp3) is 0.364. The molecule has 0 radical (unpaired) electrons. The fourth-order valence-corrected chi connectivity index (χ4v) is 2.40. The normalized spacial score (nSPS) is 11.3. The van der Waals surface area contributed by atoms with Crippen LogP contribution in [0.4, 0.5) is 10.1 Å². The third kappa shape index (κ3) is 3.90. The highest BCUT2D eigenvalue weighted by Crippen LogP contribution is 2.18. The lowest BCUT2D eigenvalue weighted by Gasteiger charge is -2.15. The van der Waals surface area contributed by atoms with Crippen molar-refractivity contribution in [1.29, 1.82) is 0 Å². The van der Waals surface area contributed by atoms with Gasteiger partial charge in [0.15, 0.2) is 0 Å². The summed E-state index contributed by atoms with van der Waals surface area (Å²) < 4.78 is 38.9. The molecule has 1 aromatic carbocycles. The van der Waals surface area contributed by atoms with Crippen LogP contribution in [0.1, 0.15) is 6.92 Å². The summed E-state index contributed by atoms with van der Waals surface area (Å²) in [6.45, 7) is 1.82. The molecule has 3 N–H and O–H groups in total. The summed E-state index contributed by atoms with van der Waals surface area (Å²) in [5.74, 6) is -1.10. The number of halogens is 1. The van der Waals surface area contributed by atoms with Crippen LogP contribution in [0.3, 0.4) is 0 Å². The summed E-state index contributed by atoms with van der Waals surface area (Å²) in [5, 5.41) is 0. The molecular formula is C11H16FN3O3S. The number of anilines is 1. The summed E-state index contributed by atoms with van der Waals surface area (Å²) in [5.41, 5.74) is 5.41. The standard InChI is InChI=1S/C11H16FN3O3S/c1-3-15(2)11(16)7-14-19(17,18)10-6-8(12)4-5-9(10)13/h4-6,14H,3,7,13H2,1-2H3. The SMILES string of the molecule is CCN(C)C(=O)CNS(=O)(=O)c1cc(F)ccc1N. The maximum atomic E-state index is 13.0. The van der Waals surface area contributed by atoms with Crippen LogP contribution >= 0.6 is 0 Å². The Morgan fingerprint density at radius 1 is 1.47 bits per heavy atom. The maximum absolute atomic E-state index is 13.0. The van der Waals surface area contributed by atoms with Crippen molar-refractivity contribution in [3.63, 3.8) is 0 Å². The highest BCUT2D eigenvalue weighted by Gasteiger charge is 2.20. The van der Waals surface area contributed by atoms with Gasteiger partial charge < -0.3 is 10.6 Å². The number of nitrogens with zero attached hydrogens (tertiary/aromatic N) is 1. The number of nitrogen functional groups attached to an aromatic ring is 1. The molecule has 0 aliphatic heterocycles. The fourth-order valence-electron chi connectivity index (χ4n) is 1.29. The zero-order chi connectivity index (χ0) is 14.6. The Hall–Kier alpha value is -1.67. The Labute approximate surface area is 111 Å². The minimum atomic E-state index is -4.01. The lowest BCUT2D eigenvalue weighted by atomic mass is 10.3. The third-order valence-corrected chi connectivity index (χ3v) is 4.04. The molecule has 0 atom stereocenters. The first-order valence-electron chi connectivity index (χ1n) is 5.56. The van der Waals surface area contributed by atoms with Gasteiger partial charge in [0.05, 0.1) is 12.2 Å². The topological polar surface area (TPSA) is 92.5 Å². The van der Waals surface area contributed by atoms with E-state index < -0.39 is 22.4 Å². The van der Waals surface area contributed by atoms with Gasteiger partial charge in [0, 0.05) is 13.6 Å². The highest BCUT2D eigenvalue weighted by molar-refractivity contribution is 7.89. The number of hydrogen-bond donors (Lipinski definition) is 2. The average molecular weight is 289 g/mol. The van der Waals surface area contributed by atoms with Gasteiger partial charge in [-0.25, -0.2) is 17.5 Å². The number of rotatable bonds is 5. The Morgan fingerprint density at radius 2 is 2.11 bits per heavy atom. The number of hydrogen-bond acceptors (Lipinski definition) is 4. The van der Waals surface area contributed by atoms with E-state index in [4.69, 9.17) is 5.73 Å². The molecule has 0 saturated heterocycles. The molecule has 1 amide bonds. The van der Waals surface area contributed by atoms with Gasteiger partial charge in [-0.3, -0.25) is 4.79 Å². The number of benzene rings is 1. The second-order valence-electron chi connectivity index (χ2n) is 3.91. The van der Waals surface area contributed by atoms with Crippen molar-refractivity contribution in [1.82, 2.24) is 9.62 Å². The molecule has 0 heterocycles. The first kappa shape index (κ1) is 15.4. The molecular weight excluding hydrogens is 273 g/mol. The van der Waals surface area contributed by atoms with E-state index in [1.807, 2.05) is 0 Å². The van der Waals surface area contributed by atoms with Crippen LogP contribution < -0.4 is 10.5 Å². The van der Waals surface area contributed by atoms with Gasteiger partial charge in [-0.1, -0.05) is 0 Å². The molecule has 1 rings (SSSR count). The van der Waals surface area contributed by atoms with Crippen molar-refractivity contribution in [2.24, 2.45) is 0 Å². The van der Waals surface area contributed by atoms with Gasteiger partial charge in [-0.15, -0.1) is 0 Å². The number of amides is 1. The predicted octanol–water partition coefficient (Wildman–Crippen LogP) is 0.165. The van der Waals surface area contributed by atoms with Crippen molar-refractivity contribution in [2.45, 2.75) is 11.8 Å². The zero-order valence-corrected chi connectivity index (χ0v) is 11.5. The Bertz CT molecular complexity index is 575. The lowest BCUT2D eigenvalue weighted by molar-refractivity contribution is -0.128. The lowest BCUT2D eigenvalue weighted by Crippen LogP contribution is -2.38. The van der Waals surface area contributed by atoms with E-state index in [-0.39, 0.29) is 16.5 Å². The third-order valence-electron chi connectivity index (χ3n) is 2.58. The number of carbonyl (C=O) groups is 1. The van der Waals surface area contributed by atoms with Gasteiger partial charge in [-0.05, 0) is 25.1 Å². The van der Waals surface area contributed by atoms with E-state index in [2.05, 4.69) is 4.72 Å². The second kappa shape index (κ2) is 5.98. The molecule has 0 unspecified atom stereocenters. The van der Waals surface area contributed by atoms with E-state index in [1.54, 1.807) is 14.0 Å². The second-order valence-corrected chi connectivity index (χ2v) is 5.65. The van der Waals surface area contributed by atoms with Crippen LogP contribution in [0.25, 0.3) is 0 Å². The smallest absolute Gasteiger partial charge is 0.243 e. The minimum Gasteiger partial charge on any atom is -0.398 e. The molecule has 0 bridgehead atoms. The molecule has 8 heteroatoms. The summed E-state index contributed by atoms with van der Waals surface area (Å²) in [6.07, 6.45) is 0. The number of sulfonamides is 1. The van der Waals surface area contributed by atoms with E-state index in [0.717, 1.165) is 18.2 Å². The summed E-state index contributed by atoms with van der Waals surface area (Å²) in [7, 11) is -2.46. The first-order chi connectivity index (χ1) is 8.77. The van der Waals surface area contributed by atoms with Gasteiger partial charge in [-0.2, -0.15) is 0 Å². The van der Waals surface area contributed by atoms with E-state index in [9.17, 15) is 17.6 Å². The van der Waals surface area contributed by atoms with E-state index >= 15 is 0 Å². The summed E-state index contributed by atoms with van der Waals surface area (Å²) in [4.78, 5) is 12.5. The molecule has 6 nitrogen and oxygen atoms in total. The zero-order valence-electron chi connectivity index (χ0n) is 10.7. The largest absolute Gasteiger partial charge is 0.398 e. The molecule has 19 heavy (non-hydrogen) atoms. The van der Waals surface area contributed by atoms with E-state index in [0.29, 0.717) is 6.54 Å². The van der Waals surface area contributed by atoms with Crippen LogP contribution in [0.5, 0.6) is 0 Å². The van der Waals surface area contributed by atoms with Crippen molar-refractivity contribution >= 4 is 21.6 Å². The Balaban J connectivity index is 2.88. The van der Waals surface area contributed by atoms with Crippen LogP contribution in [0, 0.1) is 5.82 Å². The molecule has 0 aliphatic carbocycles. The molecule has 0 spiro atoms. The van der Waals surface area contributed by atoms with Crippen LogP contribution in [-0.2, 0) is 14.8 Å². The number of carbonyl (C=O) groups excluding carboxylic acids is 1. The van der Waals surface area contributed by atoms with Crippen LogP contribution in [0.2, 0.25) is 0 Å². The van der Waals surface area contributed by atoms with Gasteiger partial charge in [0.2, 0.25) is 15.9 Å². The van der Waals surface area contributed by atoms with Crippen molar-refractivity contribution < 1.29 is 17.6 Å². The maximum Gasteiger partial charge on any atom is 0.243 e. The molecule has 0 aromatic heterocycles. The quantitative estimate of drug-likeness (QED) is 0.755. The van der Waals surface area contributed by atoms with E-state index in [1.165, 1.54) is 4.90 Å². The van der Waals surface area contributed by atoms with Crippen molar-refractivity contribution in [2.75, 3.05) is 25.9 Å². The van der Waals surface area contributed by atoms with Crippen LogP contribution in [-0.4, -0.2) is 39.4 Å². The van der Waals surface area contributed by atoms with Gasteiger partial charge >= 0.3 is 0 Å². The Kier molecular flexibility index (Phi) is 4.84. The Morgan fingerprint density at radius 3 is 2.68 bits per heavy atom. The minimum absolute atomic E-state index is 0.0785. The first-order valence-corrected chi connectivity index (χ1v) is 7.05. The number of likely N-dealkylation sites (N-methyl/N-ethyl adjacent to an activating group) is 1. The average Bonchev–Trinajstić information content (AvgIpc) is 2.37. The molecule has 106 valence electrons. The number of nitrogens with one attached hydrogen (secondary N) is 1. The summed E-state index contributed by atoms with van der Waals surface area (Å²) >= 11 is 0. The van der Waals surface area contributed by atoms with Crippen molar-refractivity contribution in [3.05, 3.63) is 24.0 Å². The molecule has 0 saturated carbocycles. The van der Waals surface area contributed by atoms with Crippen molar-refractivity contribution in [3.8, 4) is 0 Å². The van der Waals surface area contributed by atoms with Gasteiger partial charge in [0.25, 0.3) is 0 Å². The van der Waals surface area contributed by atoms with Crippen LogP contribution in [0.15, 0.2) is 23.1 Å². The van der Waals surface area contributed by atoms with Gasteiger partial charge in [0.1, 0.15) is 10.7 Å². The molecule has 0 aliphatic rings. The monoisotopic (exact) mass is 289 g/mol.